The molecule has 124 valence electrons. The molecule has 0 aliphatic rings. The third kappa shape index (κ3) is 4.02. The third-order valence-corrected chi connectivity index (χ3v) is 4.31. The van der Waals surface area contributed by atoms with Crippen molar-refractivity contribution in [1.82, 2.24) is 25.1 Å². The number of benzene rings is 1. The molecule has 2 heterocycles. The number of thioether (sulfide) groups is 1. The fourth-order valence-corrected chi connectivity index (χ4v) is 2.95. The largest absolute Gasteiger partial charge is 0.480 e. The van der Waals surface area contributed by atoms with E-state index in [2.05, 4.69) is 20.6 Å². The summed E-state index contributed by atoms with van der Waals surface area (Å²) in [5, 5.41) is 15.2. The number of fused-ring (bicyclic) bond motifs is 1. The van der Waals surface area contributed by atoms with Crippen LogP contribution >= 0.6 is 11.8 Å². The number of hydrogen-bond acceptors (Lipinski definition) is 6. The lowest BCUT2D eigenvalue weighted by Crippen LogP contribution is -2.24. The van der Waals surface area contributed by atoms with Gasteiger partial charge in [-0.2, -0.15) is 4.52 Å². The molecule has 0 bridgehead atoms. The number of carbonyl (C=O) groups is 1. The molecule has 3 rings (SSSR count). The van der Waals surface area contributed by atoms with E-state index < -0.39 is 0 Å². The molecule has 1 amide bonds. The average molecular weight is 343 g/mol. The highest BCUT2D eigenvalue weighted by Gasteiger charge is 2.09. The fourth-order valence-electron chi connectivity index (χ4n) is 2.08. The first-order chi connectivity index (χ1) is 11.8. The number of hydrogen-bond donors (Lipinski definition) is 1. The highest BCUT2D eigenvalue weighted by atomic mass is 32.2. The predicted octanol–water partition coefficient (Wildman–Crippen LogP) is 1.93. The zero-order valence-corrected chi connectivity index (χ0v) is 14.0. The Morgan fingerprint density at radius 3 is 2.83 bits per heavy atom. The van der Waals surface area contributed by atoms with Gasteiger partial charge < -0.3 is 10.1 Å². The van der Waals surface area contributed by atoms with Crippen LogP contribution < -0.4 is 10.1 Å². The number of rotatable bonds is 7. The van der Waals surface area contributed by atoms with Gasteiger partial charge in [0.15, 0.2) is 11.5 Å². The van der Waals surface area contributed by atoms with Crippen LogP contribution in [0.15, 0.2) is 47.4 Å². The van der Waals surface area contributed by atoms with Crippen molar-refractivity contribution in [2.75, 3.05) is 12.9 Å². The van der Waals surface area contributed by atoms with E-state index in [-0.39, 0.29) is 12.5 Å². The van der Waals surface area contributed by atoms with E-state index in [1.807, 2.05) is 30.3 Å². The topological polar surface area (TPSA) is 81.4 Å². The second kappa shape index (κ2) is 7.78. The Hall–Kier alpha value is -2.61. The first kappa shape index (κ1) is 16.3. The van der Waals surface area contributed by atoms with Gasteiger partial charge in [0, 0.05) is 23.1 Å². The normalized spacial score (nSPS) is 10.7. The van der Waals surface area contributed by atoms with E-state index in [1.54, 1.807) is 35.5 Å². The molecule has 0 atom stereocenters. The molecule has 24 heavy (non-hydrogen) atoms. The van der Waals surface area contributed by atoms with Gasteiger partial charge in [0.05, 0.1) is 13.7 Å². The van der Waals surface area contributed by atoms with Crippen LogP contribution in [0.4, 0.5) is 0 Å². The molecule has 0 unspecified atom stereocenters. The summed E-state index contributed by atoms with van der Waals surface area (Å²) in [6, 6.07) is 13.5. The standard InChI is InChI=1S/C16H17N5O2S/c1-23-16-8-7-13-18-19-14(21(13)20-16)11-17-15(22)9-10-24-12-5-3-2-4-6-12/h2-8H,9-11H2,1H3,(H,17,22). The van der Waals surface area contributed by atoms with Crippen molar-refractivity contribution in [3.63, 3.8) is 0 Å². The maximum absolute atomic E-state index is 12.0. The van der Waals surface area contributed by atoms with Gasteiger partial charge in [0.25, 0.3) is 0 Å². The van der Waals surface area contributed by atoms with Gasteiger partial charge >= 0.3 is 0 Å². The van der Waals surface area contributed by atoms with Crippen molar-refractivity contribution < 1.29 is 9.53 Å². The van der Waals surface area contributed by atoms with E-state index in [4.69, 9.17) is 4.74 Å². The molecule has 0 spiro atoms. The van der Waals surface area contributed by atoms with Crippen LogP contribution in [0.2, 0.25) is 0 Å². The van der Waals surface area contributed by atoms with E-state index in [0.717, 1.165) is 10.6 Å². The second-order valence-electron chi connectivity index (χ2n) is 4.95. The number of nitrogens with zero attached hydrogens (tertiary/aromatic N) is 4. The van der Waals surface area contributed by atoms with Crippen molar-refractivity contribution in [2.24, 2.45) is 0 Å². The number of carbonyl (C=O) groups excluding carboxylic acids is 1. The summed E-state index contributed by atoms with van der Waals surface area (Å²) in [6.45, 7) is 0.274. The summed E-state index contributed by atoms with van der Waals surface area (Å²) in [5.74, 6) is 1.72. The number of methoxy groups -OCH3 is 1. The third-order valence-electron chi connectivity index (χ3n) is 3.30. The summed E-state index contributed by atoms with van der Waals surface area (Å²) in [7, 11) is 1.55. The Bertz CT molecular complexity index is 822. The summed E-state index contributed by atoms with van der Waals surface area (Å²) in [6.07, 6.45) is 0.438. The number of aromatic nitrogens is 4. The van der Waals surface area contributed by atoms with Crippen LogP contribution in [0, 0.1) is 0 Å². The zero-order chi connectivity index (χ0) is 16.8. The molecular weight excluding hydrogens is 326 g/mol. The van der Waals surface area contributed by atoms with Gasteiger partial charge in [-0.3, -0.25) is 4.79 Å². The fraction of sp³-hybridized carbons (Fsp3) is 0.250. The van der Waals surface area contributed by atoms with Crippen molar-refractivity contribution in [3.8, 4) is 5.88 Å². The van der Waals surface area contributed by atoms with Crippen molar-refractivity contribution in [1.29, 1.82) is 0 Å². The molecule has 0 aliphatic heterocycles. The quantitative estimate of drug-likeness (QED) is 0.660. The molecule has 0 saturated heterocycles. The highest BCUT2D eigenvalue weighted by Crippen LogP contribution is 2.17. The lowest BCUT2D eigenvalue weighted by molar-refractivity contribution is -0.120. The molecule has 8 heteroatoms. The van der Waals surface area contributed by atoms with E-state index in [9.17, 15) is 4.79 Å². The molecule has 0 saturated carbocycles. The molecule has 7 nitrogen and oxygen atoms in total. The lowest BCUT2D eigenvalue weighted by Gasteiger charge is -2.05. The van der Waals surface area contributed by atoms with E-state index >= 15 is 0 Å². The van der Waals surface area contributed by atoms with Crippen LogP contribution in [-0.4, -0.2) is 38.6 Å². The summed E-state index contributed by atoms with van der Waals surface area (Å²) in [5.41, 5.74) is 0.611. The van der Waals surface area contributed by atoms with Crippen LogP contribution in [0.5, 0.6) is 5.88 Å². The first-order valence-corrected chi connectivity index (χ1v) is 8.44. The van der Waals surface area contributed by atoms with Crippen molar-refractivity contribution in [2.45, 2.75) is 17.9 Å². The van der Waals surface area contributed by atoms with Gasteiger partial charge in [0.2, 0.25) is 11.8 Å². The second-order valence-corrected chi connectivity index (χ2v) is 6.12. The molecule has 0 radical (unpaired) electrons. The maximum Gasteiger partial charge on any atom is 0.231 e. The highest BCUT2D eigenvalue weighted by molar-refractivity contribution is 7.99. The predicted molar refractivity (Wildman–Crippen MR) is 91.0 cm³/mol. The van der Waals surface area contributed by atoms with Gasteiger partial charge in [-0.05, 0) is 18.2 Å². The molecule has 1 N–H and O–H groups in total. The van der Waals surface area contributed by atoms with Crippen LogP contribution in [-0.2, 0) is 11.3 Å². The molecule has 2 aromatic heterocycles. The SMILES string of the molecule is COc1ccc2nnc(CNC(=O)CCSc3ccccc3)n2n1. The van der Waals surface area contributed by atoms with E-state index in [1.165, 1.54) is 0 Å². The monoisotopic (exact) mass is 343 g/mol. The number of nitrogens with one attached hydrogen (secondary N) is 1. The molecule has 3 aromatic rings. The Balaban J connectivity index is 1.51. The lowest BCUT2D eigenvalue weighted by atomic mass is 10.4. The van der Waals surface area contributed by atoms with E-state index in [0.29, 0.717) is 23.8 Å². The average Bonchev–Trinajstić information content (AvgIpc) is 3.03. The maximum atomic E-state index is 12.0. The van der Waals surface area contributed by atoms with Gasteiger partial charge in [-0.15, -0.1) is 27.1 Å². The molecular formula is C16H17N5O2S. The Kier molecular flexibility index (Phi) is 5.27. The first-order valence-electron chi connectivity index (χ1n) is 7.46. The number of ether oxygens (including phenoxy) is 1. The minimum atomic E-state index is -0.0296. The number of amides is 1. The van der Waals surface area contributed by atoms with Crippen molar-refractivity contribution in [3.05, 3.63) is 48.3 Å². The Labute approximate surface area is 143 Å². The van der Waals surface area contributed by atoms with Gasteiger partial charge in [-0.25, -0.2) is 0 Å². The smallest absolute Gasteiger partial charge is 0.231 e. The minimum absolute atomic E-state index is 0.0296. The van der Waals surface area contributed by atoms with Crippen LogP contribution in [0.1, 0.15) is 12.2 Å². The summed E-state index contributed by atoms with van der Waals surface area (Å²) in [4.78, 5) is 13.1. The summed E-state index contributed by atoms with van der Waals surface area (Å²) >= 11 is 1.66. The Morgan fingerprint density at radius 1 is 1.21 bits per heavy atom. The Morgan fingerprint density at radius 2 is 2.04 bits per heavy atom. The van der Waals surface area contributed by atoms with Crippen LogP contribution in [0.25, 0.3) is 5.65 Å². The summed E-state index contributed by atoms with van der Waals surface area (Å²) < 4.78 is 6.66. The van der Waals surface area contributed by atoms with Gasteiger partial charge in [0.1, 0.15) is 0 Å². The minimum Gasteiger partial charge on any atom is -0.480 e. The van der Waals surface area contributed by atoms with Crippen molar-refractivity contribution >= 4 is 23.3 Å². The molecule has 0 fully saturated rings. The molecule has 1 aromatic carbocycles. The zero-order valence-electron chi connectivity index (χ0n) is 13.2. The van der Waals surface area contributed by atoms with Crippen LogP contribution in [0.3, 0.4) is 0 Å². The molecule has 0 aliphatic carbocycles. The van der Waals surface area contributed by atoms with Gasteiger partial charge in [-0.1, -0.05) is 18.2 Å².